The van der Waals surface area contributed by atoms with Crippen LogP contribution in [-0.4, -0.2) is 36.8 Å². The standard InChI is InChI=1S/C17H29N3O/c1-5-20(12-16-7-6-8-21-16)17-14(4)9-15(11-19-17)10-18-13(2)3/h9,11,13,16,18H,5-8,10,12H2,1-4H3. The van der Waals surface area contributed by atoms with Gasteiger partial charge in [0.25, 0.3) is 0 Å². The number of pyridine rings is 1. The molecular formula is C17H29N3O. The van der Waals surface area contributed by atoms with Crippen LogP contribution in [0.2, 0.25) is 0 Å². The number of aromatic nitrogens is 1. The van der Waals surface area contributed by atoms with Gasteiger partial charge < -0.3 is 15.0 Å². The molecule has 1 unspecified atom stereocenters. The number of aryl methyl sites for hydroxylation is 1. The van der Waals surface area contributed by atoms with E-state index in [0.29, 0.717) is 12.1 Å². The van der Waals surface area contributed by atoms with Gasteiger partial charge in [-0.25, -0.2) is 4.98 Å². The van der Waals surface area contributed by atoms with Gasteiger partial charge in [-0.3, -0.25) is 0 Å². The number of ether oxygens (including phenoxy) is 1. The van der Waals surface area contributed by atoms with E-state index in [0.717, 1.165) is 32.1 Å². The topological polar surface area (TPSA) is 37.4 Å². The van der Waals surface area contributed by atoms with Crippen LogP contribution in [0.5, 0.6) is 0 Å². The van der Waals surface area contributed by atoms with E-state index in [1.54, 1.807) is 0 Å². The average Bonchev–Trinajstić information content (AvgIpc) is 2.96. The summed E-state index contributed by atoms with van der Waals surface area (Å²) in [5.74, 6) is 1.10. The molecule has 0 bridgehead atoms. The predicted molar refractivity (Wildman–Crippen MR) is 87.8 cm³/mol. The molecule has 0 aromatic carbocycles. The van der Waals surface area contributed by atoms with Crippen LogP contribution in [0.25, 0.3) is 0 Å². The summed E-state index contributed by atoms with van der Waals surface area (Å²) in [6.45, 7) is 12.4. The average molecular weight is 291 g/mol. The van der Waals surface area contributed by atoms with Crippen molar-refractivity contribution in [2.24, 2.45) is 0 Å². The van der Waals surface area contributed by atoms with Gasteiger partial charge in [0.2, 0.25) is 0 Å². The molecule has 4 nitrogen and oxygen atoms in total. The van der Waals surface area contributed by atoms with Gasteiger partial charge in [-0.15, -0.1) is 0 Å². The lowest BCUT2D eigenvalue weighted by atomic mass is 10.1. The summed E-state index contributed by atoms with van der Waals surface area (Å²) in [5, 5.41) is 3.44. The van der Waals surface area contributed by atoms with Crippen molar-refractivity contribution in [1.82, 2.24) is 10.3 Å². The van der Waals surface area contributed by atoms with E-state index in [1.807, 2.05) is 6.20 Å². The molecule has 0 spiro atoms. The summed E-state index contributed by atoms with van der Waals surface area (Å²) in [6, 6.07) is 2.74. The molecule has 118 valence electrons. The molecule has 0 amide bonds. The highest BCUT2D eigenvalue weighted by molar-refractivity contribution is 5.47. The molecular weight excluding hydrogens is 262 g/mol. The largest absolute Gasteiger partial charge is 0.376 e. The third kappa shape index (κ3) is 4.68. The molecule has 0 aliphatic carbocycles. The van der Waals surface area contributed by atoms with E-state index >= 15 is 0 Å². The van der Waals surface area contributed by atoms with Crippen molar-refractivity contribution in [2.45, 2.75) is 59.2 Å². The van der Waals surface area contributed by atoms with Crippen molar-refractivity contribution in [3.63, 3.8) is 0 Å². The van der Waals surface area contributed by atoms with E-state index in [1.165, 1.54) is 24.0 Å². The second kappa shape index (κ2) is 7.76. The van der Waals surface area contributed by atoms with Crippen LogP contribution in [0.1, 0.15) is 44.7 Å². The molecule has 1 N–H and O–H groups in total. The fourth-order valence-corrected chi connectivity index (χ4v) is 2.77. The van der Waals surface area contributed by atoms with Crippen LogP contribution in [0, 0.1) is 6.92 Å². The van der Waals surface area contributed by atoms with E-state index in [2.05, 4.69) is 44.0 Å². The predicted octanol–water partition coefficient (Wildman–Crippen LogP) is 2.89. The summed E-state index contributed by atoms with van der Waals surface area (Å²) >= 11 is 0. The van der Waals surface area contributed by atoms with E-state index in [4.69, 9.17) is 9.72 Å². The van der Waals surface area contributed by atoms with Gasteiger partial charge >= 0.3 is 0 Å². The first-order chi connectivity index (χ1) is 10.1. The number of rotatable bonds is 7. The zero-order valence-corrected chi connectivity index (χ0v) is 13.9. The molecule has 1 aliphatic rings. The van der Waals surface area contributed by atoms with Crippen LogP contribution < -0.4 is 10.2 Å². The lowest BCUT2D eigenvalue weighted by molar-refractivity contribution is 0.115. The maximum absolute atomic E-state index is 5.76. The Morgan fingerprint density at radius 1 is 1.48 bits per heavy atom. The van der Waals surface area contributed by atoms with Gasteiger partial charge in [-0.2, -0.15) is 0 Å². The van der Waals surface area contributed by atoms with E-state index in [-0.39, 0.29) is 0 Å². The molecule has 1 aromatic rings. The Hall–Kier alpha value is -1.13. The summed E-state index contributed by atoms with van der Waals surface area (Å²) < 4.78 is 5.76. The Morgan fingerprint density at radius 3 is 2.86 bits per heavy atom. The van der Waals surface area contributed by atoms with Gasteiger partial charge in [0.15, 0.2) is 0 Å². The zero-order chi connectivity index (χ0) is 15.2. The second-order valence-electron chi connectivity index (χ2n) is 6.19. The summed E-state index contributed by atoms with van der Waals surface area (Å²) in [4.78, 5) is 7.04. The maximum Gasteiger partial charge on any atom is 0.131 e. The second-order valence-corrected chi connectivity index (χ2v) is 6.19. The Morgan fingerprint density at radius 2 is 2.29 bits per heavy atom. The van der Waals surface area contributed by atoms with Gasteiger partial charge in [0.05, 0.1) is 6.10 Å². The van der Waals surface area contributed by atoms with Crippen molar-refractivity contribution < 1.29 is 4.74 Å². The van der Waals surface area contributed by atoms with Gasteiger partial charge in [0, 0.05) is 38.5 Å². The minimum Gasteiger partial charge on any atom is -0.376 e. The van der Waals surface area contributed by atoms with Crippen molar-refractivity contribution in [3.05, 3.63) is 23.4 Å². The third-order valence-electron chi connectivity index (χ3n) is 3.95. The molecule has 0 radical (unpaired) electrons. The van der Waals surface area contributed by atoms with Crippen molar-refractivity contribution in [3.8, 4) is 0 Å². The lowest BCUT2D eigenvalue weighted by Crippen LogP contribution is -2.33. The highest BCUT2D eigenvalue weighted by Gasteiger charge is 2.20. The van der Waals surface area contributed by atoms with Crippen molar-refractivity contribution >= 4 is 5.82 Å². The Labute approximate surface area is 128 Å². The van der Waals surface area contributed by atoms with Crippen LogP contribution in [0.4, 0.5) is 5.82 Å². The fraction of sp³-hybridized carbons (Fsp3) is 0.706. The molecule has 4 heteroatoms. The minimum absolute atomic E-state index is 0.369. The Bertz CT molecular complexity index is 442. The molecule has 2 heterocycles. The van der Waals surface area contributed by atoms with Crippen LogP contribution in [-0.2, 0) is 11.3 Å². The van der Waals surface area contributed by atoms with Gasteiger partial charge in [0.1, 0.15) is 5.82 Å². The number of nitrogens with one attached hydrogen (secondary N) is 1. The number of anilines is 1. The highest BCUT2D eigenvalue weighted by Crippen LogP contribution is 2.21. The number of hydrogen-bond acceptors (Lipinski definition) is 4. The molecule has 1 saturated heterocycles. The first-order valence-electron chi connectivity index (χ1n) is 8.15. The molecule has 2 rings (SSSR count). The first kappa shape index (κ1) is 16.2. The number of likely N-dealkylation sites (N-methyl/N-ethyl adjacent to an activating group) is 1. The minimum atomic E-state index is 0.369. The smallest absolute Gasteiger partial charge is 0.131 e. The molecule has 1 aliphatic heterocycles. The van der Waals surface area contributed by atoms with E-state index < -0.39 is 0 Å². The zero-order valence-electron chi connectivity index (χ0n) is 13.9. The van der Waals surface area contributed by atoms with Gasteiger partial charge in [-0.1, -0.05) is 13.8 Å². The van der Waals surface area contributed by atoms with Crippen LogP contribution >= 0.6 is 0 Å². The van der Waals surface area contributed by atoms with E-state index in [9.17, 15) is 0 Å². The summed E-state index contributed by atoms with van der Waals surface area (Å²) in [6.07, 6.45) is 4.73. The van der Waals surface area contributed by atoms with Gasteiger partial charge in [-0.05, 0) is 43.9 Å². The molecule has 1 aromatic heterocycles. The number of hydrogen-bond donors (Lipinski definition) is 1. The first-order valence-corrected chi connectivity index (χ1v) is 8.15. The summed E-state index contributed by atoms with van der Waals surface area (Å²) in [7, 11) is 0. The summed E-state index contributed by atoms with van der Waals surface area (Å²) in [5.41, 5.74) is 2.50. The maximum atomic E-state index is 5.76. The SMILES string of the molecule is CCN(CC1CCCO1)c1ncc(CNC(C)C)cc1C. The van der Waals surface area contributed by atoms with Crippen molar-refractivity contribution in [2.75, 3.05) is 24.6 Å². The Balaban J connectivity index is 2.03. The monoisotopic (exact) mass is 291 g/mol. The molecule has 21 heavy (non-hydrogen) atoms. The highest BCUT2D eigenvalue weighted by atomic mass is 16.5. The molecule has 0 saturated carbocycles. The normalized spacial score (nSPS) is 18.4. The van der Waals surface area contributed by atoms with Crippen LogP contribution in [0.15, 0.2) is 12.3 Å². The number of nitrogens with zero attached hydrogens (tertiary/aromatic N) is 2. The molecule has 1 fully saturated rings. The van der Waals surface area contributed by atoms with Crippen molar-refractivity contribution in [1.29, 1.82) is 0 Å². The quantitative estimate of drug-likeness (QED) is 0.838. The third-order valence-corrected chi connectivity index (χ3v) is 3.95. The lowest BCUT2D eigenvalue weighted by Gasteiger charge is -2.26. The van der Waals surface area contributed by atoms with Crippen LogP contribution in [0.3, 0.4) is 0 Å². The Kier molecular flexibility index (Phi) is 6.00. The fourth-order valence-electron chi connectivity index (χ4n) is 2.77. The molecule has 1 atom stereocenters.